The maximum atomic E-state index is 2.50. The molecule has 0 radical (unpaired) electrons. The van der Waals surface area contributed by atoms with Crippen molar-refractivity contribution in [3.8, 4) is 28.4 Å². The standard InChI is InChI=1S/C62H39N5/c1-2-16-40(17-3-1)66-59-38-43(64-55-26-12-6-20-47(55)48-21-7-13-27-56(48)64)34-36-51(59)61-52-37-35-44(65-57-28-14-8-22-49(57)50-23-9-15-29-58(50)65)39-60(52)67(62(61)66)42-32-30-41(31-33-42)63-53-24-10-4-18-45(53)46-19-5-11-25-54(46)63/h1-39H. The van der Waals surface area contributed by atoms with Crippen LogP contribution in [0.2, 0.25) is 0 Å². The molecule has 5 aromatic heterocycles. The summed E-state index contributed by atoms with van der Waals surface area (Å²) in [5.41, 5.74) is 16.2. The van der Waals surface area contributed by atoms with Crippen molar-refractivity contribution in [1.82, 2.24) is 22.8 Å². The van der Waals surface area contributed by atoms with Gasteiger partial charge < -0.3 is 13.7 Å². The van der Waals surface area contributed by atoms with Gasteiger partial charge in [0.25, 0.3) is 0 Å². The van der Waals surface area contributed by atoms with Gasteiger partial charge in [-0.05, 0) is 97.1 Å². The van der Waals surface area contributed by atoms with Crippen LogP contribution < -0.4 is 0 Å². The molecule has 0 saturated carbocycles. The van der Waals surface area contributed by atoms with Crippen molar-refractivity contribution < 1.29 is 0 Å². The van der Waals surface area contributed by atoms with Gasteiger partial charge >= 0.3 is 0 Å². The minimum Gasteiger partial charge on any atom is -0.309 e. The summed E-state index contributed by atoms with van der Waals surface area (Å²) >= 11 is 0. The fraction of sp³-hybridized carbons (Fsp3) is 0. The van der Waals surface area contributed by atoms with E-state index in [1.165, 1.54) is 81.6 Å². The monoisotopic (exact) mass is 853 g/mol. The van der Waals surface area contributed by atoms with Crippen LogP contribution in [0.4, 0.5) is 0 Å². The smallest absolute Gasteiger partial charge is 0.131 e. The van der Waals surface area contributed by atoms with Gasteiger partial charge in [0.1, 0.15) is 5.65 Å². The second-order valence-electron chi connectivity index (χ2n) is 17.7. The number of fused-ring (bicyclic) bond motifs is 14. The summed E-state index contributed by atoms with van der Waals surface area (Å²) in [6.45, 7) is 0. The summed E-state index contributed by atoms with van der Waals surface area (Å²) in [5, 5.41) is 11.2. The van der Waals surface area contributed by atoms with E-state index in [4.69, 9.17) is 0 Å². The quantitative estimate of drug-likeness (QED) is 0.165. The van der Waals surface area contributed by atoms with Crippen LogP contribution in [0.3, 0.4) is 0 Å². The molecule has 0 amide bonds. The highest BCUT2D eigenvalue weighted by molar-refractivity contribution is 6.23. The Balaban J connectivity index is 1.05. The molecule has 15 aromatic rings. The molecule has 312 valence electrons. The fourth-order valence-electron chi connectivity index (χ4n) is 11.5. The first kappa shape index (κ1) is 36.3. The number of benzene rings is 10. The average Bonchev–Trinajstić information content (AvgIpc) is 4.18. The van der Waals surface area contributed by atoms with E-state index in [9.17, 15) is 0 Å². The Morgan fingerprint density at radius 3 is 0.806 bits per heavy atom. The zero-order chi connectivity index (χ0) is 43.7. The zero-order valence-corrected chi connectivity index (χ0v) is 36.3. The maximum Gasteiger partial charge on any atom is 0.131 e. The number of para-hydroxylation sites is 7. The van der Waals surface area contributed by atoms with Gasteiger partial charge in [0.15, 0.2) is 0 Å². The summed E-state index contributed by atoms with van der Waals surface area (Å²) in [4.78, 5) is 0. The molecule has 0 spiro atoms. The molecule has 0 fully saturated rings. The third-order valence-electron chi connectivity index (χ3n) is 14.3. The Labute approximate surface area is 384 Å². The van der Waals surface area contributed by atoms with Crippen molar-refractivity contribution in [2.75, 3.05) is 0 Å². The predicted octanol–water partition coefficient (Wildman–Crippen LogP) is 16.0. The molecular formula is C62H39N5. The van der Waals surface area contributed by atoms with Crippen LogP contribution in [0, 0.1) is 0 Å². The molecule has 5 heteroatoms. The first-order valence-corrected chi connectivity index (χ1v) is 23.0. The molecule has 0 unspecified atom stereocenters. The highest BCUT2D eigenvalue weighted by Gasteiger charge is 2.25. The first-order valence-electron chi connectivity index (χ1n) is 23.0. The van der Waals surface area contributed by atoms with Crippen molar-refractivity contribution in [2.45, 2.75) is 0 Å². The van der Waals surface area contributed by atoms with E-state index in [2.05, 4.69) is 259 Å². The molecule has 0 saturated heterocycles. The van der Waals surface area contributed by atoms with Gasteiger partial charge in [0.05, 0.1) is 44.1 Å². The molecule has 0 bridgehead atoms. The third kappa shape index (κ3) is 5.02. The summed E-state index contributed by atoms with van der Waals surface area (Å²) in [5.74, 6) is 0. The molecule has 67 heavy (non-hydrogen) atoms. The molecule has 0 N–H and O–H groups in total. The van der Waals surface area contributed by atoms with Crippen molar-refractivity contribution in [2.24, 2.45) is 0 Å². The largest absolute Gasteiger partial charge is 0.309 e. The lowest BCUT2D eigenvalue weighted by Gasteiger charge is -2.16. The van der Waals surface area contributed by atoms with Crippen LogP contribution in [0.5, 0.6) is 0 Å². The minimum atomic E-state index is 1.09. The molecule has 10 aromatic carbocycles. The van der Waals surface area contributed by atoms with Crippen LogP contribution in [0.15, 0.2) is 237 Å². The summed E-state index contributed by atoms with van der Waals surface area (Å²) < 4.78 is 12.2. The summed E-state index contributed by atoms with van der Waals surface area (Å²) in [6, 6.07) is 86.8. The Morgan fingerprint density at radius 2 is 0.448 bits per heavy atom. The van der Waals surface area contributed by atoms with Gasteiger partial charge in [0.2, 0.25) is 0 Å². The van der Waals surface area contributed by atoms with E-state index in [1.54, 1.807) is 0 Å². The van der Waals surface area contributed by atoms with Gasteiger partial charge in [0, 0.05) is 76.9 Å². The third-order valence-corrected chi connectivity index (χ3v) is 14.3. The van der Waals surface area contributed by atoms with Gasteiger partial charge in [-0.3, -0.25) is 9.13 Å². The Morgan fingerprint density at radius 1 is 0.179 bits per heavy atom. The highest BCUT2D eigenvalue weighted by atomic mass is 15.1. The number of rotatable bonds is 5. The lowest BCUT2D eigenvalue weighted by atomic mass is 10.1. The lowest BCUT2D eigenvalue weighted by molar-refractivity contribution is 1.06. The topological polar surface area (TPSA) is 24.6 Å². The summed E-state index contributed by atoms with van der Waals surface area (Å²) in [6.07, 6.45) is 0. The summed E-state index contributed by atoms with van der Waals surface area (Å²) in [7, 11) is 0. The first-order chi connectivity index (χ1) is 33.3. The molecule has 0 atom stereocenters. The van der Waals surface area contributed by atoms with E-state index in [1.807, 2.05) is 0 Å². The fourth-order valence-corrected chi connectivity index (χ4v) is 11.5. The lowest BCUT2D eigenvalue weighted by Crippen LogP contribution is -2.03. The maximum absolute atomic E-state index is 2.50. The van der Waals surface area contributed by atoms with E-state index >= 15 is 0 Å². The zero-order valence-electron chi connectivity index (χ0n) is 36.3. The van der Waals surface area contributed by atoms with Crippen LogP contribution in [0.1, 0.15) is 0 Å². The van der Waals surface area contributed by atoms with Crippen LogP contribution in [0.25, 0.3) is 127 Å². The van der Waals surface area contributed by atoms with Gasteiger partial charge in [-0.15, -0.1) is 0 Å². The van der Waals surface area contributed by atoms with Crippen molar-refractivity contribution >= 4 is 98.3 Å². The average molecular weight is 854 g/mol. The number of aromatic nitrogens is 5. The normalized spacial score (nSPS) is 12.2. The van der Waals surface area contributed by atoms with E-state index in [0.717, 1.165) is 45.1 Å². The second kappa shape index (κ2) is 13.7. The molecule has 0 aliphatic rings. The van der Waals surface area contributed by atoms with Gasteiger partial charge in [-0.1, -0.05) is 140 Å². The van der Waals surface area contributed by atoms with E-state index in [-0.39, 0.29) is 0 Å². The van der Waals surface area contributed by atoms with Crippen LogP contribution >= 0.6 is 0 Å². The molecule has 5 heterocycles. The van der Waals surface area contributed by atoms with Crippen molar-refractivity contribution in [3.05, 3.63) is 237 Å². The van der Waals surface area contributed by atoms with Gasteiger partial charge in [-0.2, -0.15) is 0 Å². The van der Waals surface area contributed by atoms with Crippen LogP contribution in [-0.2, 0) is 0 Å². The number of nitrogens with zero attached hydrogens (tertiary/aromatic N) is 5. The molecule has 0 aliphatic heterocycles. The van der Waals surface area contributed by atoms with Crippen molar-refractivity contribution in [3.63, 3.8) is 0 Å². The van der Waals surface area contributed by atoms with E-state index in [0.29, 0.717) is 0 Å². The van der Waals surface area contributed by atoms with Crippen LogP contribution in [-0.4, -0.2) is 22.8 Å². The number of hydrogen-bond donors (Lipinski definition) is 0. The van der Waals surface area contributed by atoms with Gasteiger partial charge in [-0.25, -0.2) is 0 Å². The molecule has 15 rings (SSSR count). The van der Waals surface area contributed by atoms with Crippen molar-refractivity contribution in [1.29, 1.82) is 0 Å². The Hall–Kier alpha value is -9.06. The minimum absolute atomic E-state index is 1.09. The molecule has 0 aliphatic carbocycles. The second-order valence-corrected chi connectivity index (χ2v) is 17.7. The Bertz CT molecular complexity index is 4340. The molecular weight excluding hydrogens is 815 g/mol. The van der Waals surface area contributed by atoms with E-state index < -0.39 is 0 Å². The Kier molecular flexibility index (Phi) is 7.44. The SMILES string of the molecule is c1ccc(-n2c3cc(-n4c5ccccc5c5ccccc54)ccc3c3c4ccc(-n5c6ccccc6c6ccccc65)cc4n(-c4ccc(-n5c6ccccc6c6ccccc65)cc4)c32)cc1. The highest BCUT2D eigenvalue weighted by Crippen LogP contribution is 2.44. The molecule has 5 nitrogen and oxygen atoms in total. The predicted molar refractivity (Wildman–Crippen MR) is 281 cm³/mol. The number of hydrogen-bond acceptors (Lipinski definition) is 0.